The van der Waals surface area contributed by atoms with Crippen molar-refractivity contribution < 1.29 is 19.0 Å². The van der Waals surface area contributed by atoms with Gasteiger partial charge in [0.05, 0.1) is 18.2 Å². The average Bonchev–Trinajstić information content (AvgIpc) is 2.46. The van der Waals surface area contributed by atoms with Gasteiger partial charge in [-0.2, -0.15) is 0 Å². The maximum absolute atomic E-state index is 13.0. The second kappa shape index (κ2) is 6.78. The van der Waals surface area contributed by atoms with Crippen molar-refractivity contribution in [3.8, 4) is 11.5 Å². The van der Waals surface area contributed by atoms with Gasteiger partial charge in [-0.25, -0.2) is 4.39 Å². The maximum atomic E-state index is 13.0. The van der Waals surface area contributed by atoms with E-state index >= 15 is 0 Å². The van der Waals surface area contributed by atoms with Crippen LogP contribution in [0.3, 0.4) is 0 Å². The molecule has 112 valence electrons. The Balaban J connectivity index is 2.16. The largest absolute Gasteiger partial charge is 0.493 e. The van der Waals surface area contributed by atoms with E-state index in [9.17, 15) is 9.50 Å². The zero-order valence-corrected chi connectivity index (χ0v) is 12.5. The minimum Gasteiger partial charge on any atom is -0.493 e. The molecule has 0 radical (unpaired) electrons. The number of ether oxygens (including phenoxy) is 2. The minimum atomic E-state index is -0.584. The number of benzene rings is 2. The zero-order valence-electron chi connectivity index (χ0n) is 11.8. The van der Waals surface area contributed by atoms with Crippen LogP contribution in [-0.2, 0) is 6.61 Å². The third kappa shape index (κ3) is 3.86. The molecule has 0 aliphatic carbocycles. The van der Waals surface area contributed by atoms with Crippen LogP contribution in [0.4, 0.5) is 4.39 Å². The first kappa shape index (κ1) is 15.6. The Labute approximate surface area is 127 Å². The molecule has 0 unspecified atom stereocenters. The molecule has 0 fully saturated rings. The van der Waals surface area contributed by atoms with Gasteiger partial charge < -0.3 is 14.6 Å². The highest BCUT2D eigenvalue weighted by Gasteiger charge is 2.10. The van der Waals surface area contributed by atoms with Crippen LogP contribution in [0.15, 0.2) is 36.4 Å². The van der Waals surface area contributed by atoms with Crippen LogP contribution in [0.25, 0.3) is 0 Å². The lowest BCUT2D eigenvalue weighted by atomic mass is 10.1. The summed E-state index contributed by atoms with van der Waals surface area (Å²) in [4.78, 5) is 0. The summed E-state index contributed by atoms with van der Waals surface area (Å²) in [5.74, 6) is 0.663. The molecule has 0 bridgehead atoms. The van der Waals surface area contributed by atoms with Crippen molar-refractivity contribution in [1.29, 1.82) is 0 Å². The molecule has 1 atom stereocenters. The summed E-state index contributed by atoms with van der Waals surface area (Å²) in [6, 6.07) is 9.35. The van der Waals surface area contributed by atoms with Gasteiger partial charge in [-0.1, -0.05) is 23.7 Å². The first-order chi connectivity index (χ1) is 10.0. The second-order valence-electron chi connectivity index (χ2n) is 4.61. The molecule has 0 aliphatic heterocycles. The van der Waals surface area contributed by atoms with E-state index in [0.717, 1.165) is 5.56 Å². The Morgan fingerprint density at radius 3 is 2.57 bits per heavy atom. The first-order valence-corrected chi connectivity index (χ1v) is 6.81. The summed E-state index contributed by atoms with van der Waals surface area (Å²) in [6.07, 6.45) is -0.584. The van der Waals surface area contributed by atoms with Crippen molar-refractivity contribution in [2.75, 3.05) is 7.11 Å². The molecule has 0 heterocycles. The van der Waals surface area contributed by atoms with E-state index in [0.29, 0.717) is 22.1 Å². The quantitative estimate of drug-likeness (QED) is 0.903. The van der Waals surface area contributed by atoms with Gasteiger partial charge in [0.25, 0.3) is 0 Å². The van der Waals surface area contributed by atoms with Crippen molar-refractivity contribution in [1.82, 2.24) is 0 Å². The molecule has 0 saturated carbocycles. The van der Waals surface area contributed by atoms with Crippen LogP contribution in [0, 0.1) is 5.82 Å². The predicted octanol–water partition coefficient (Wildman–Crippen LogP) is 4.12. The monoisotopic (exact) mass is 310 g/mol. The van der Waals surface area contributed by atoms with Crippen molar-refractivity contribution in [3.63, 3.8) is 0 Å². The van der Waals surface area contributed by atoms with E-state index < -0.39 is 6.10 Å². The van der Waals surface area contributed by atoms with Crippen LogP contribution < -0.4 is 9.47 Å². The predicted molar refractivity (Wildman–Crippen MR) is 79.4 cm³/mol. The molecule has 2 aromatic carbocycles. The standard InChI is InChI=1S/C16H16ClFO3/c1-10(19)11-4-6-15(16(7-11)20-2)21-9-12-3-5-13(18)8-14(12)17/h3-8,10,19H,9H2,1-2H3/t10-/m1/s1. The van der Waals surface area contributed by atoms with E-state index in [1.807, 2.05) is 0 Å². The summed E-state index contributed by atoms with van der Waals surface area (Å²) >= 11 is 5.95. The first-order valence-electron chi connectivity index (χ1n) is 6.44. The van der Waals surface area contributed by atoms with Crippen molar-refractivity contribution in [3.05, 3.63) is 58.4 Å². The lowest BCUT2D eigenvalue weighted by Gasteiger charge is -2.14. The fourth-order valence-electron chi connectivity index (χ4n) is 1.86. The van der Waals surface area contributed by atoms with E-state index in [1.165, 1.54) is 19.2 Å². The van der Waals surface area contributed by atoms with E-state index in [4.69, 9.17) is 21.1 Å². The number of halogens is 2. The number of methoxy groups -OCH3 is 1. The Bertz CT molecular complexity index is 629. The molecule has 0 amide bonds. The molecule has 2 rings (SSSR count). The lowest BCUT2D eigenvalue weighted by molar-refractivity contribution is 0.198. The Morgan fingerprint density at radius 2 is 1.95 bits per heavy atom. The van der Waals surface area contributed by atoms with Gasteiger partial charge in [0.1, 0.15) is 12.4 Å². The Morgan fingerprint density at radius 1 is 1.19 bits per heavy atom. The Hall–Kier alpha value is -1.78. The molecule has 1 N–H and O–H groups in total. The number of hydrogen-bond donors (Lipinski definition) is 1. The highest BCUT2D eigenvalue weighted by Crippen LogP contribution is 2.31. The normalized spacial score (nSPS) is 12.0. The van der Waals surface area contributed by atoms with Crippen LogP contribution in [-0.4, -0.2) is 12.2 Å². The average molecular weight is 311 g/mol. The SMILES string of the molecule is COc1cc([C@@H](C)O)ccc1OCc1ccc(F)cc1Cl. The molecule has 0 spiro atoms. The minimum absolute atomic E-state index is 0.198. The van der Waals surface area contributed by atoms with Gasteiger partial charge in [0, 0.05) is 5.56 Å². The Kier molecular flexibility index (Phi) is 5.04. The molecule has 2 aromatic rings. The lowest BCUT2D eigenvalue weighted by Crippen LogP contribution is -2.00. The summed E-state index contributed by atoms with van der Waals surface area (Å²) < 4.78 is 23.9. The van der Waals surface area contributed by atoms with E-state index in [2.05, 4.69) is 0 Å². The molecule has 0 saturated heterocycles. The fraction of sp³-hybridized carbons (Fsp3) is 0.250. The highest BCUT2D eigenvalue weighted by molar-refractivity contribution is 6.31. The topological polar surface area (TPSA) is 38.7 Å². The molecule has 5 heteroatoms. The van der Waals surface area contributed by atoms with Crippen LogP contribution in [0.2, 0.25) is 5.02 Å². The van der Waals surface area contributed by atoms with Gasteiger partial charge in [0.2, 0.25) is 0 Å². The highest BCUT2D eigenvalue weighted by atomic mass is 35.5. The third-order valence-corrected chi connectivity index (χ3v) is 3.42. The molecular weight excluding hydrogens is 295 g/mol. The summed E-state index contributed by atoms with van der Waals surface area (Å²) in [5.41, 5.74) is 1.42. The molecule has 3 nitrogen and oxygen atoms in total. The molecule has 0 aromatic heterocycles. The summed E-state index contributed by atoms with van der Waals surface area (Å²) in [7, 11) is 1.53. The molecular formula is C16H16ClFO3. The van der Waals surface area contributed by atoms with Gasteiger partial charge in [0.15, 0.2) is 11.5 Å². The van der Waals surface area contributed by atoms with Crippen LogP contribution in [0.1, 0.15) is 24.2 Å². The number of rotatable bonds is 5. The van der Waals surface area contributed by atoms with Crippen molar-refractivity contribution >= 4 is 11.6 Å². The summed E-state index contributed by atoms with van der Waals surface area (Å²) in [5, 5.41) is 9.87. The van der Waals surface area contributed by atoms with Crippen molar-refractivity contribution in [2.24, 2.45) is 0 Å². The van der Waals surface area contributed by atoms with Gasteiger partial charge in [-0.3, -0.25) is 0 Å². The maximum Gasteiger partial charge on any atom is 0.161 e. The van der Waals surface area contributed by atoms with Crippen LogP contribution in [0.5, 0.6) is 11.5 Å². The van der Waals surface area contributed by atoms with Gasteiger partial charge in [-0.05, 0) is 36.8 Å². The van der Waals surface area contributed by atoms with Gasteiger partial charge in [-0.15, -0.1) is 0 Å². The molecule has 0 aliphatic rings. The molecule has 21 heavy (non-hydrogen) atoms. The fourth-order valence-corrected chi connectivity index (χ4v) is 2.08. The number of aliphatic hydroxyl groups excluding tert-OH is 1. The van der Waals surface area contributed by atoms with Crippen LogP contribution >= 0.6 is 11.6 Å². The number of hydrogen-bond acceptors (Lipinski definition) is 3. The zero-order chi connectivity index (χ0) is 15.4. The van der Waals surface area contributed by atoms with E-state index in [1.54, 1.807) is 31.2 Å². The van der Waals surface area contributed by atoms with E-state index in [-0.39, 0.29) is 12.4 Å². The third-order valence-electron chi connectivity index (χ3n) is 3.07. The summed E-state index contributed by atoms with van der Waals surface area (Å²) in [6.45, 7) is 1.87. The second-order valence-corrected chi connectivity index (χ2v) is 5.02. The van der Waals surface area contributed by atoms with Crippen molar-refractivity contribution in [2.45, 2.75) is 19.6 Å². The van der Waals surface area contributed by atoms with Gasteiger partial charge >= 0.3 is 0 Å². The smallest absolute Gasteiger partial charge is 0.161 e. The number of aliphatic hydroxyl groups is 1.